The zero-order valence-electron chi connectivity index (χ0n) is 6.61. The maximum Gasteiger partial charge on any atom is 0.315 e. The second-order valence-electron chi connectivity index (χ2n) is 1.78. The number of nitrogens with one attached hydrogen (secondary N) is 2. The highest BCUT2D eigenvalue weighted by atomic mass is 16.2. The first-order valence-electron chi connectivity index (χ1n) is 3.33. The minimum Gasteiger partial charge on any atom is -0.335 e. The van der Waals surface area contributed by atoms with Gasteiger partial charge < -0.3 is 10.6 Å². The molecule has 0 aliphatic carbocycles. The van der Waals surface area contributed by atoms with Crippen LogP contribution in [0.2, 0.25) is 0 Å². The van der Waals surface area contributed by atoms with Crippen molar-refractivity contribution in [1.82, 2.24) is 10.6 Å². The van der Waals surface area contributed by atoms with Gasteiger partial charge in [0.15, 0.2) is 0 Å². The van der Waals surface area contributed by atoms with Gasteiger partial charge in [-0.05, 0) is 6.92 Å². The number of hydrogen-bond acceptors (Lipinski definition) is 1. The molecule has 0 saturated heterocycles. The Morgan fingerprint density at radius 2 is 2.36 bits per heavy atom. The van der Waals surface area contributed by atoms with Crippen LogP contribution < -0.4 is 10.6 Å². The Morgan fingerprint density at radius 1 is 1.64 bits per heavy atom. The lowest BCUT2D eigenvalue weighted by Crippen LogP contribution is -2.35. The molecule has 0 unspecified atom stereocenters. The van der Waals surface area contributed by atoms with Crippen LogP contribution in [0.1, 0.15) is 6.92 Å². The van der Waals surface area contributed by atoms with Crippen molar-refractivity contribution in [2.45, 2.75) is 6.92 Å². The molecule has 0 aromatic heterocycles. The summed E-state index contributed by atoms with van der Waals surface area (Å²) in [6, 6.07) is -0.215. The van der Waals surface area contributed by atoms with Crippen molar-refractivity contribution in [2.24, 2.45) is 0 Å². The molecule has 0 atom stereocenters. The fourth-order valence-electron chi connectivity index (χ4n) is 0.440. The number of carbonyl (C=O) groups is 1. The summed E-state index contributed by atoms with van der Waals surface area (Å²) in [6.07, 6.45) is 1.62. The molecule has 0 rings (SSSR count). The molecule has 11 heavy (non-hydrogen) atoms. The highest BCUT2D eigenvalue weighted by molar-refractivity contribution is 5.74. The average Bonchev–Trinajstić information content (AvgIpc) is 2.01. The van der Waals surface area contributed by atoms with Crippen LogP contribution in [0.4, 0.5) is 4.79 Å². The second kappa shape index (κ2) is 6.69. The Hall–Kier alpha value is -1.43. The number of urea groups is 1. The van der Waals surface area contributed by atoms with Gasteiger partial charge in [-0.2, -0.15) is 0 Å². The molecule has 0 aromatic carbocycles. The Labute approximate surface area is 66.9 Å². The molecule has 3 nitrogen and oxygen atoms in total. The van der Waals surface area contributed by atoms with Crippen LogP contribution in [0, 0.1) is 11.8 Å². The molecular formula is C8H12N2O. The first-order chi connectivity index (χ1) is 5.31. The molecule has 0 aliphatic rings. The predicted octanol–water partition coefficient (Wildman–Crippen LogP) is 0.495. The minimum absolute atomic E-state index is 0.215. The fraction of sp³-hybridized carbons (Fsp3) is 0.375. The molecule has 2 amide bonds. The van der Waals surface area contributed by atoms with Gasteiger partial charge in [-0.15, -0.1) is 12.5 Å². The van der Waals surface area contributed by atoms with Gasteiger partial charge in [0, 0.05) is 6.54 Å². The lowest BCUT2D eigenvalue weighted by molar-refractivity contribution is 0.243. The minimum atomic E-state index is -0.215. The monoisotopic (exact) mass is 152 g/mol. The SMILES string of the molecule is C=CCNC(=O)NCC#CC. The van der Waals surface area contributed by atoms with E-state index in [1.54, 1.807) is 13.0 Å². The smallest absolute Gasteiger partial charge is 0.315 e. The second-order valence-corrected chi connectivity index (χ2v) is 1.78. The Balaban J connectivity index is 3.34. The van der Waals surface area contributed by atoms with Gasteiger partial charge >= 0.3 is 6.03 Å². The molecular weight excluding hydrogens is 140 g/mol. The van der Waals surface area contributed by atoms with E-state index in [1.807, 2.05) is 0 Å². The van der Waals surface area contributed by atoms with Crippen LogP contribution in [-0.4, -0.2) is 19.1 Å². The van der Waals surface area contributed by atoms with Gasteiger partial charge in [-0.3, -0.25) is 0 Å². The Morgan fingerprint density at radius 3 is 2.91 bits per heavy atom. The summed E-state index contributed by atoms with van der Waals surface area (Å²) in [7, 11) is 0. The molecule has 0 spiro atoms. The van der Waals surface area contributed by atoms with Crippen LogP contribution in [-0.2, 0) is 0 Å². The van der Waals surface area contributed by atoms with Crippen molar-refractivity contribution >= 4 is 6.03 Å². The summed E-state index contributed by atoms with van der Waals surface area (Å²) in [6.45, 7) is 6.05. The third-order valence-electron chi connectivity index (χ3n) is 0.921. The van der Waals surface area contributed by atoms with Crippen molar-refractivity contribution in [3.05, 3.63) is 12.7 Å². The molecule has 0 aromatic rings. The van der Waals surface area contributed by atoms with Crippen molar-refractivity contribution < 1.29 is 4.79 Å². The molecule has 0 fully saturated rings. The molecule has 60 valence electrons. The highest BCUT2D eigenvalue weighted by Gasteiger charge is 1.92. The zero-order chi connectivity index (χ0) is 8.53. The first kappa shape index (κ1) is 9.57. The van der Waals surface area contributed by atoms with Crippen LogP contribution >= 0.6 is 0 Å². The van der Waals surface area contributed by atoms with Gasteiger partial charge in [0.05, 0.1) is 6.54 Å². The summed E-state index contributed by atoms with van der Waals surface area (Å²) in [5.74, 6) is 5.37. The van der Waals surface area contributed by atoms with E-state index < -0.39 is 0 Å². The van der Waals surface area contributed by atoms with Gasteiger partial charge in [0.25, 0.3) is 0 Å². The molecule has 0 bridgehead atoms. The molecule has 0 radical (unpaired) electrons. The van der Waals surface area contributed by atoms with Crippen molar-refractivity contribution in [3.63, 3.8) is 0 Å². The van der Waals surface area contributed by atoms with E-state index in [0.29, 0.717) is 13.1 Å². The van der Waals surface area contributed by atoms with E-state index in [2.05, 4.69) is 29.1 Å². The lowest BCUT2D eigenvalue weighted by Gasteiger charge is -2.00. The summed E-state index contributed by atoms with van der Waals surface area (Å²) in [4.78, 5) is 10.7. The first-order valence-corrected chi connectivity index (χ1v) is 3.33. The lowest BCUT2D eigenvalue weighted by atomic mass is 10.6. The average molecular weight is 152 g/mol. The summed E-state index contributed by atoms with van der Waals surface area (Å²) >= 11 is 0. The molecule has 0 heterocycles. The maximum atomic E-state index is 10.7. The van der Waals surface area contributed by atoms with E-state index in [9.17, 15) is 4.79 Å². The quantitative estimate of drug-likeness (QED) is 0.448. The number of rotatable bonds is 3. The third-order valence-corrected chi connectivity index (χ3v) is 0.921. The third kappa shape index (κ3) is 6.46. The number of hydrogen-bond donors (Lipinski definition) is 2. The topological polar surface area (TPSA) is 41.1 Å². The standard InChI is InChI=1S/C8H12N2O/c1-3-5-7-10-8(11)9-6-4-2/h4H,2,6-7H2,1H3,(H2,9,10,11). The number of amides is 2. The van der Waals surface area contributed by atoms with Gasteiger partial charge in [-0.25, -0.2) is 4.79 Å². The molecule has 0 saturated carbocycles. The fourth-order valence-corrected chi connectivity index (χ4v) is 0.440. The Bertz CT molecular complexity index is 188. The van der Waals surface area contributed by atoms with Crippen molar-refractivity contribution in [1.29, 1.82) is 0 Å². The van der Waals surface area contributed by atoms with E-state index in [-0.39, 0.29) is 6.03 Å². The summed E-state index contributed by atoms with van der Waals surface area (Å²) in [5.41, 5.74) is 0. The molecule has 0 aliphatic heterocycles. The summed E-state index contributed by atoms with van der Waals surface area (Å²) in [5, 5.41) is 5.10. The van der Waals surface area contributed by atoms with E-state index in [4.69, 9.17) is 0 Å². The van der Waals surface area contributed by atoms with Gasteiger partial charge in [-0.1, -0.05) is 12.0 Å². The van der Waals surface area contributed by atoms with E-state index in [1.165, 1.54) is 0 Å². The molecule has 3 heteroatoms. The summed E-state index contributed by atoms with van der Waals surface area (Å²) < 4.78 is 0. The largest absolute Gasteiger partial charge is 0.335 e. The van der Waals surface area contributed by atoms with E-state index in [0.717, 1.165) is 0 Å². The van der Waals surface area contributed by atoms with Gasteiger partial charge in [0.2, 0.25) is 0 Å². The van der Waals surface area contributed by atoms with Crippen molar-refractivity contribution in [3.8, 4) is 11.8 Å². The van der Waals surface area contributed by atoms with Crippen LogP contribution in [0.5, 0.6) is 0 Å². The normalized spacial score (nSPS) is 7.36. The van der Waals surface area contributed by atoms with Gasteiger partial charge in [0.1, 0.15) is 0 Å². The van der Waals surface area contributed by atoms with E-state index >= 15 is 0 Å². The van der Waals surface area contributed by atoms with Crippen molar-refractivity contribution in [2.75, 3.05) is 13.1 Å². The van der Waals surface area contributed by atoms with Crippen LogP contribution in [0.3, 0.4) is 0 Å². The Kier molecular flexibility index (Phi) is 5.82. The van der Waals surface area contributed by atoms with Crippen LogP contribution in [0.25, 0.3) is 0 Å². The predicted molar refractivity (Wildman–Crippen MR) is 45.0 cm³/mol. The number of carbonyl (C=O) groups excluding carboxylic acids is 1. The molecule has 2 N–H and O–H groups in total. The highest BCUT2D eigenvalue weighted by Crippen LogP contribution is 1.64. The van der Waals surface area contributed by atoms with Crippen LogP contribution in [0.15, 0.2) is 12.7 Å². The maximum absolute atomic E-state index is 10.7. The zero-order valence-corrected chi connectivity index (χ0v) is 6.61.